The fraction of sp³-hybridized carbons (Fsp3) is 0.333. The molecule has 0 atom stereocenters. The molecule has 1 amide bonds. The number of rotatable bonds is 5. The lowest BCUT2D eigenvalue weighted by atomic mass is 10.2. The van der Waals surface area contributed by atoms with Crippen LogP contribution in [0.25, 0.3) is 0 Å². The van der Waals surface area contributed by atoms with Gasteiger partial charge in [0.1, 0.15) is 11.5 Å². The van der Waals surface area contributed by atoms with Crippen LogP contribution in [0.3, 0.4) is 0 Å². The molecule has 1 aromatic heterocycles. The Hall–Kier alpha value is -2.71. The molecule has 0 unspecified atom stereocenters. The Labute approximate surface area is 149 Å². The molecule has 138 valence electrons. The van der Waals surface area contributed by atoms with Gasteiger partial charge in [-0.15, -0.1) is 0 Å². The van der Waals surface area contributed by atoms with Crippen LogP contribution in [0.1, 0.15) is 34.5 Å². The summed E-state index contributed by atoms with van der Waals surface area (Å²) in [4.78, 5) is 16.6. The van der Waals surface area contributed by atoms with E-state index < -0.39 is 12.2 Å². The third-order valence-corrected chi connectivity index (χ3v) is 3.85. The first kappa shape index (κ1) is 18.1. The zero-order chi connectivity index (χ0) is 18.5. The minimum absolute atomic E-state index is 0.0969. The molecule has 7 nitrogen and oxygen atoms in total. The Balaban J connectivity index is 1.80. The summed E-state index contributed by atoms with van der Waals surface area (Å²) >= 11 is 0. The molecule has 3 rings (SSSR count). The number of methoxy groups -OCH3 is 1. The van der Waals surface area contributed by atoms with Crippen molar-refractivity contribution in [1.29, 1.82) is 0 Å². The molecule has 0 bridgehead atoms. The maximum atomic E-state index is 12.9. The Bertz CT molecular complexity index is 776. The van der Waals surface area contributed by atoms with E-state index in [1.807, 2.05) is 0 Å². The molecule has 8 heteroatoms. The topological polar surface area (TPSA) is 89.9 Å². The van der Waals surface area contributed by atoms with Crippen molar-refractivity contribution in [1.82, 2.24) is 10.3 Å². The number of carbonyl (C=O) groups excluding carboxylic acids is 1. The van der Waals surface area contributed by atoms with Gasteiger partial charge in [0.15, 0.2) is 17.2 Å². The quantitative estimate of drug-likeness (QED) is 0.848. The summed E-state index contributed by atoms with van der Waals surface area (Å²) < 4.78 is 29.0. The molecule has 0 saturated carbocycles. The maximum Gasteiger partial charge on any atom is 0.274 e. The number of pyridine rings is 1. The average Bonchev–Trinajstić information content (AvgIpc) is 2.68. The van der Waals surface area contributed by atoms with Crippen molar-refractivity contribution in [2.75, 3.05) is 20.3 Å². The van der Waals surface area contributed by atoms with Crippen LogP contribution in [-0.4, -0.2) is 36.3 Å². The van der Waals surface area contributed by atoms with Crippen molar-refractivity contribution in [2.45, 2.75) is 19.3 Å². The van der Waals surface area contributed by atoms with E-state index >= 15 is 0 Å². The van der Waals surface area contributed by atoms with Crippen LogP contribution < -0.4 is 10.1 Å². The highest BCUT2D eigenvalue weighted by atomic mass is 19.1. The monoisotopic (exact) mass is 362 g/mol. The van der Waals surface area contributed by atoms with Crippen molar-refractivity contribution in [3.63, 3.8) is 0 Å². The summed E-state index contributed by atoms with van der Waals surface area (Å²) in [6.45, 7) is 1.19. The normalized spacial score (nSPS) is 14.8. The summed E-state index contributed by atoms with van der Waals surface area (Å²) in [5.74, 6) is -1.23. The molecule has 0 aliphatic carbocycles. The van der Waals surface area contributed by atoms with Crippen molar-refractivity contribution in [3.8, 4) is 11.5 Å². The van der Waals surface area contributed by atoms with E-state index in [4.69, 9.17) is 14.2 Å². The maximum absolute atomic E-state index is 12.9. The van der Waals surface area contributed by atoms with Gasteiger partial charge >= 0.3 is 0 Å². The van der Waals surface area contributed by atoms with Crippen molar-refractivity contribution in [2.24, 2.45) is 0 Å². The SMILES string of the molecule is COc1cc(C2OCCCO2)nc(C(=O)NCc2ccc(F)cc2)c1O. The largest absolute Gasteiger partial charge is 0.503 e. The van der Waals surface area contributed by atoms with E-state index in [-0.39, 0.29) is 29.6 Å². The predicted octanol–water partition coefficient (Wildman–Crippen LogP) is 2.30. The Morgan fingerprint density at radius 2 is 2.04 bits per heavy atom. The zero-order valence-corrected chi connectivity index (χ0v) is 14.2. The zero-order valence-electron chi connectivity index (χ0n) is 14.2. The van der Waals surface area contributed by atoms with Crippen LogP contribution in [0.15, 0.2) is 30.3 Å². The predicted molar refractivity (Wildman–Crippen MR) is 89.3 cm³/mol. The number of nitrogens with one attached hydrogen (secondary N) is 1. The van der Waals surface area contributed by atoms with Gasteiger partial charge in [0.2, 0.25) is 6.29 Å². The van der Waals surface area contributed by atoms with Gasteiger partial charge in [-0.25, -0.2) is 9.37 Å². The lowest BCUT2D eigenvalue weighted by molar-refractivity contribution is -0.185. The lowest BCUT2D eigenvalue weighted by Crippen LogP contribution is -2.25. The number of nitrogens with zero attached hydrogens (tertiary/aromatic N) is 1. The molecule has 2 heterocycles. The standard InChI is InChI=1S/C18H19FN2O5/c1-24-14-9-13(18-25-7-2-8-26-18)21-15(16(14)22)17(23)20-10-11-3-5-12(19)6-4-11/h3-6,9,18,22H,2,7-8,10H2,1H3,(H,20,23). The van der Waals surface area contributed by atoms with E-state index in [1.165, 1.54) is 25.3 Å². The molecule has 1 aliphatic heterocycles. The van der Waals surface area contributed by atoms with Gasteiger partial charge < -0.3 is 24.6 Å². The molecule has 0 spiro atoms. The summed E-state index contributed by atoms with van der Waals surface area (Å²) in [6, 6.07) is 7.20. The van der Waals surface area contributed by atoms with E-state index in [1.54, 1.807) is 12.1 Å². The number of halogens is 1. The average molecular weight is 362 g/mol. The van der Waals surface area contributed by atoms with Gasteiger partial charge in [-0.1, -0.05) is 12.1 Å². The van der Waals surface area contributed by atoms with E-state index in [2.05, 4.69) is 10.3 Å². The third kappa shape index (κ3) is 4.09. The minimum Gasteiger partial charge on any atom is -0.503 e. The van der Waals surface area contributed by atoms with Crippen molar-refractivity contribution >= 4 is 5.91 Å². The highest BCUT2D eigenvalue weighted by Gasteiger charge is 2.25. The second kappa shape index (κ2) is 8.11. The van der Waals surface area contributed by atoms with Crippen LogP contribution in [-0.2, 0) is 16.0 Å². The molecular weight excluding hydrogens is 343 g/mol. The van der Waals surface area contributed by atoms with Crippen LogP contribution in [0.4, 0.5) is 4.39 Å². The second-order valence-corrected chi connectivity index (χ2v) is 5.68. The van der Waals surface area contributed by atoms with E-state index in [9.17, 15) is 14.3 Å². The van der Waals surface area contributed by atoms with E-state index in [0.717, 1.165) is 6.42 Å². The lowest BCUT2D eigenvalue weighted by Gasteiger charge is -2.23. The first-order valence-corrected chi connectivity index (χ1v) is 8.12. The second-order valence-electron chi connectivity index (χ2n) is 5.68. The fourth-order valence-corrected chi connectivity index (χ4v) is 2.50. The van der Waals surface area contributed by atoms with Gasteiger partial charge in [-0.2, -0.15) is 0 Å². The highest BCUT2D eigenvalue weighted by molar-refractivity contribution is 5.95. The summed E-state index contributed by atoms with van der Waals surface area (Å²) in [5, 5.41) is 12.9. The number of aromatic hydroxyl groups is 1. The molecule has 1 fully saturated rings. The summed E-state index contributed by atoms with van der Waals surface area (Å²) in [7, 11) is 1.38. The van der Waals surface area contributed by atoms with Crippen LogP contribution >= 0.6 is 0 Å². The van der Waals surface area contributed by atoms with Crippen molar-refractivity contribution in [3.05, 3.63) is 53.1 Å². The number of benzene rings is 1. The molecule has 26 heavy (non-hydrogen) atoms. The molecule has 0 radical (unpaired) electrons. The van der Waals surface area contributed by atoms with E-state index in [0.29, 0.717) is 24.5 Å². The number of ether oxygens (including phenoxy) is 3. The number of aromatic nitrogens is 1. The summed E-state index contributed by atoms with van der Waals surface area (Å²) in [5.41, 5.74) is 0.854. The molecule has 1 aromatic carbocycles. The van der Waals surface area contributed by atoms with Gasteiger partial charge in [0.25, 0.3) is 5.91 Å². The van der Waals surface area contributed by atoms with Gasteiger partial charge in [-0.3, -0.25) is 4.79 Å². The minimum atomic E-state index is -0.720. The Kier molecular flexibility index (Phi) is 5.65. The first-order valence-electron chi connectivity index (χ1n) is 8.12. The Morgan fingerprint density at radius 3 is 2.69 bits per heavy atom. The van der Waals surface area contributed by atoms with Crippen LogP contribution in [0.5, 0.6) is 11.5 Å². The van der Waals surface area contributed by atoms with Crippen LogP contribution in [0, 0.1) is 5.82 Å². The third-order valence-electron chi connectivity index (χ3n) is 3.85. The molecule has 1 saturated heterocycles. The molecule has 2 aromatic rings. The highest BCUT2D eigenvalue weighted by Crippen LogP contribution is 2.33. The molecule has 1 aliphatic rings. The Morgan fingerprint density at radius 1 is 1.35 bits per heavy atom. The number of hydrogen-bond acceptors (Lipinski definition) is 6. The fourth-order valence-electron chi connectivity index (χ4n) is 2.50. The first-order chi connectivity index (χ1) is 12.6. The smallest absolute Gasteiger partial charge is 0.274 e. The van der Waals surface area contributed by atoms with Crippen LogP contribution in [0.2, 0.25) is 0 Å². The van der Waals surface area contributed by atoms with Gasteiger partial charge in [0.05, 0.1) is 20.3 Å². The molecular formula is C18H19FN2O5. The van der Waals surface area contributed by atoms with Crippen molar-refractivity contribution < 1.29 is 28.5 Å². The number of carbonyl (C=O) groups is 1. The summed E-state index contributed by atoms with van der Waals surface area (Å²) in [6.07, 6.45) is 0.0541. The number of hydrogen-bond donors (Lipinski definition) is 2. The molecule has 2 N–H and O–H groups in total. The van der Waals surface area contributed by atoms with Gasteiger partial charge in [-0.05, 0) is 24.1 Å². The van der Waals surface area contributed by atoms with Gasteiger partial charge in [0, 0.05) is 12.6 Å². The number of amides is 1.